The molecule has 0 rings (SSSR count). The van der Waals surface area contributed by atoms with Crippen LogP contribution in [0.15, 0.2) is 12.7 Å². The van der Waals surface area contributed by atoms with Gasteiger partial charge in [-0.15, -0.1) is 6.58 Å². The molecule has 0 fully saturated rings. The van der Waals surface area contributed by atoms with Gasteiger partial charge in [0, 0.05) is 5.75 Å². The Morgan fingerprint density at radius 3 is 2.64 bits per heavy atom. The first kappa shape index (κ1) is 11.0. The average Bonchev–Trinajstić information content (AvgIpc) is 1.88. The summed E-state index contributed by atoms with van der Waals surface area (Å²) < 4.78 is 8.55. The normalized spacial score (nSPS) is 18.9. The third-order valence-corrected chi connectivity index (χ3v) is 2.59. The highest BCUT2D eigenvalue weighted by Crippen LogP contribution is 2.23. The molecule has 0 aromatic rings. The minimum atomic E-state index is -0.739. The Labute approximate surface area is 72.5 Å². The van der Waals surface area contributed by atoms with Gasteiger partial charge in [-0.3, -0.25) is 0 Å². The summed E-state index contributed by atoms with van der Waals surface area (Å²) in [5.41, 5.74) is -0.739. The Balaban J connectivity index is 3.93. The molecule has 11 heavy (non-hydrogen) atoms. The second kappa shape index (κ2) is 4.80. The largest absolute Gasteiger partial charge is 0.390 e. The van der Waals surface area contributed by atoms with Gasteiger partial charge in [-0.1, -0.05) is 13.0 Å². The van der Waals surface area contributed by atoms with E-state index >= 15 is 0 Å². The molecule has 0 bridgehead atoms. The summed E-state index contributed by atoms with van der Waals surface area (Å²) >= 11 is 0.768. The second-order valence-corrected chi connectivity index (χ2v) is 3.64. The van der Waals surface area contributed by atoms with E-state index in [1.165, 1.54) is 0 Å². The van der Waals surface area contributed by atoms with E-state index in [1.807, 2.05) is 6.92 Å². The van der Waals surface area contributed by atoms with Crippen LogP contribution >= 0.6 is 12.0 Å². The summed E-state index contributed by atoms with van der Waals surface area (Å²) in [6, 6.07) is 0. The van der Waals surface area contributed by atoms with Gasteiger partial charge in [-0.25, -0.2) is 0 Å². The van der Waals surface area contributed by atoms with Gasteiger partial charge in [0.1, 0.15) is 0 Å². The number of hydrogen-bond acceptors (Lipinski definition) is 3. The fourth-order valence-electron chi connectivity index (χ4n) is 0.785. The monoisotopic (exact) mass is 176 g/mol. The van der Waals surface area contributed by atoms with Crippen LogP contribution in [0.2, 0.25) is 0 Å². The molecule has 0 radical (unpaired) electrons. The van der Waals surface area contributed by atoms with E-state index < -0.39 is 5.60 Å². The van der Waals surface area contributed by atoms with Crippen LogP contribution in [0.4, 0.5) is 0 Å². The van der Waals surface area contributed by atoms with Gasteiger partial charge in [-0.05, 0) is 31.3 Å². The zero-order valence-corrected chi connectivity index (χ0v) is 7.90. The summed E-state index contributed by atoms with van der Waals surface area (Å²) in [6.45, 7) is 7.23. The van der Waals surface area contributed by atoms with Gasteiger partial charge in [0.2, 0.25) is 0 Å². The van der Waals surface area contributed by atoms with Crippen molar-refractivity contribution in [2.75, 3.05) is 5.75 Å². The minimum Gasteiger partial charge on any atom is -0.390 e. The molecule has 2 nitrogen and oxygen atoms in total. The molecular formula is C8H16O2S. The maximum Gasteiger partial charge on any atom is 0.0688 e. The van der Waals surface area contributed by atoms with E-state index in [4.69, 9.17) is 4.55 Å². The van der Waals surface area contributed by atoms with Crippen LogP contribution in [0.1, 0.15) is 20.3 Å². The van der Waals surface area contributed by atoms with E-state index in [0.717, 1.165) is 12.0 Å². The van der Waals surface area contributed by atoms with Crippen LogP contribution in [0.3, 0.4) is 0 Å². The molecule has 66 valence electrons. The molecular weight excluding hydrogens is 160 g/mol. The smallest absolute Gasteiger partial charge is 0.0688 e. The predicted molar refractivity (Wildman–Crippen MR) is 49.7 cm³/mol. The van der Waals surface area contributed by atoms with Crippen molar-refractivity contribution in [3.8, 4) is 0 Å². The number of hydrogen-bond donors (Lipinski definition) is 2. The van der Waals surface area contributed by atoms with Crippen LogP contribution in [0, 0.1) is 5.92 Å². The van der Waals surface area contributed by atoms with Gasteiger partial charge < -0.3 is 9.66 Å². The molecule has 2 N–H and O–H groups in total. The second-order valence-electron chi connectivity index (χ2n) is 3.05. The molecule has 0 aromatic carbocycles. The lowest BCUT2D eigenvalue weighted by Gasteiger charge is -2.28. The molecule has 0 aromatic heterocycles. The van der Waals surface area contributed by atoms with Gasteiger partial charge in [0.05, 0.1) is 5.60 Å². The van der Waals surface area contributed by atoms with E-state index in [1.54, 1.807) is 13.0 Å². The molecule has 0 saturated carbocycles. The molecule has 3 heteroatoms. The number of rotatable bonds is 5. The van der Waals surface area contributed by atoms with Crippen LogP contribution in [-0.2, 0) is 0 Å². The number of aliphatic hydroxyl groups is 1. The van der Waals surface area contributed by atoms with Gasteiger partial charge >= 0.3 is 0 Å². The molecule has 2 unspecified atom stereocenters. The molecule has 0 heterocycles. The zero-order chi connectivity index (χ0) is 8.91. The SMILES string of the molecule is C=CCC(C)(O)C(C)CSO. The van der Waals surface area contributed by atoms with Crippen LogP contribution in [-0.4, -0.2) is 21.0 Å². The molecule has 2 atom stereocenters. The average molecular weight is 176 g/mol. The topological polar surface area (TPSA) is 40.5 Å². The Bertz CT molecular complexity index is 123. The summed E-state index contributed by atoms with van der Waals surface area (Å²) in [7, 11) is 0. The van der Waals surface area contributed by atoms with Crippen molar-refractivity contribution in [1.82, 2.24) is 0 Å². The quantitative estimate of drug-likeness (QED) is 0.498. The maximum absolute atomic E-state index is 9.72. The lowest BCUT2D eigenvalue weighted by atomic mass is 9.89. The fourth-order valence-corrected chi connectivity index (χ4v) is 1.37. The molecule has 0 saturated heterocycles. The van der Waals surface area contributed by atoms with Gasteiger partial charge in [0.15, 0.2) is 0 Å². The first-order chi connectivity index (χ1) is 5.04. The zero-order valence-electron chi connectivity index (χ0n) is 7.08. The Kier molecular flexibility index (Phi) is 4.81. The highest BCUT2D eigenvalue weighted by molar-refractivity contribution is 7.93. The Morgan fingerprint density at radius 1 is 1.73 bits per heavy atom. The van der Waals surface area contributed by atoms with Gasteiger partial charge in [0.25, 0.3) is 0 Å². The maximum atomic E-state index is 9.72. The van der Waals surface area contributed by atoms with Crippen molar-refractivity contribution >= 4 is 12.0 Å². The van der Waals surface area contributed by atoms with E-state index in [-0.39, 0.29) is 5.92 Å². The van der Waals surface area contributed by atoms with E-state index in [0.29, 0.717) is 12.2 Å². The third kappa shape index (κ3) is 3.79. The molecule has 0 aliphatic carbocycles. The lowest BCUT2D eigenvalue weighted by Crippen LogP contribution is -2.33. The highest BCUT2D eigenvalue weighted by Gasteiger charge is 2.26. The minimum absolute atomic E-state index is 0.0792. The van der Waals surface area contributed by atoms with Crippen molar-refractivity contribution in [3.05, 3.63) is 12.7 Å². The molecule has 0 spiro atoms. The van der Waals surface area contributed by atoms with E-state index in [2.05, 4.69) is 6.58 Å². The van der Waals surface area contributed by atoms with Gasteiger partial charge in [-0.2, -0.15) is 0 Å². The molecule has 0 amide bonds. The summed E-state index contributed by atoms with van der Waals surface area (Å²) in [6.07, 6.45) is 2.26. The van der Waals surface area contributed by atoms with Crippen LogP contribution < -0.4 is 0 Å². The van der Waals surface area contributed by atoms with Crippen LogP contribution in [0.25, 0.3) is 0 Å². The summed E-state index contributed by atoms with van der Waals surface area (Å²) in [5, 5.41) is 9.72. The molecule has 0 aliphatic heterocycles. The summed E-state index contributed by atoms with van der Waals surface area (Å²) in [4.78, 5) is 0. The van der Waals surface area contributed by atoms with Crippen molar-refractivity contribution < 1.29 is 9.66 Å². The predicted octanol–water partition coefficient (Wildman–Crippen LogP) is 2.16. The fraction of sp³-hybridized carbons (Fsp3) is 0.750. The van der Waals surface area contributed by atoms with E-state index in [9.17, 15) is 5.11 Å². The van der Waals surface area contributed by atoms with Crippen molar-refractivity contribution in [1.29, 1.82) is 0 Å². The standard InChI is InChI=1S/C8H16O2S/c1-4-5-8(3,9)7(2)6-11-10/h4,7,9-10H,1,5-6H2,2-3H3. The first-order valence-corrected chi connectivity index (χ1v) is 4.58. The Hall–Kier alpha value is 0.01000. The first-order valence-electron chi connectivity index (χ1n) is 3.64. The van der Waals surface area contributed by atoms with Crippen molar-refractivity contribution in [2.45, 2.75) is 25.9 Å². The summed E-state index contributed by atoms with van der Waals surface area (Å²) in [5.74, 6) is 0.636. The van der Waals surface area contributed by atoms with Crippen molar-refractivity contribution in [3.63, 3.8) is 0 Å². The Morgan fingerprint density at radius 2 is 2.27 bits per heavy atom. The lowest BCUT2D eigenvalue weighted by molar-refractivity contribution is 0.0182. The van der Waals surface area contributed by atoms with Crippen LogP contribution in [0.5, 0.6) is 0 Å². The molecule has 0 aliphatic rings. The third-order valence-electron chi connectivity index (χ3n) is 1.94. The highest BCUT2D eigenvalue weighted by atomic mass is 32.2. The van der Waals surface area contributed by atoms with Crippen molar-refractivity contribution in [2.24, 2.45) is 5.92 Å².